The van der Waals surface area contributed by atoms with Crippen molar-refractivity contribution < 1.29 is 4.74 Å². The molecule has 4 heterocycles. The van der Waals surface area contributed by atoms with Crippen LogP contribution in [0.3, 0.4) is 0 Å². The van der Waals surface area contributed by atoms with Crippen LogP contribution in [-0.2, 0) is 23.3 Å². The first-order chi connectivity index (χ1) is 11.2. The Kier molecular flexibility index (Phi) is 3.41. The summed E-state index contributed by atoms with van der Waals surface area (Å²) in [5, 5.41) is 4.26. The minimum Gasteiger partial charge on any atom is -0.368 e. The van der Waals surface area contributed by atoms with Crippen LogP contribution in [0.4, 0.5) is 11.9 Å². The van der Waals surface area contributed by atoms with Crippen molar-refractivity contribution >= 4 is 11.9 Å². The maximum Gasteiger partial charge on any atom is 0.223 e. The van der Waals surface area contributed by atoms with Crippen LogP contribution in [0.15, 0.2) is 12.5 Å². The van der Waals surface area contributed by atoms with Crippen molar-refractivity contribution in [1.29, 1.82) is 0 Å². The highest BCUT2D eigenvalue weighted by molar-refractivity contribution is 5.36. The number of hydrogen-bond acceptors (Lipinski definition) is 7. The Labute approximate surface area is 134 Å². The number of fused-ring (bicyclic) bond motifs is 2. The first kappa shape index (κ1) is 14.4. The molecule has 2 N–H and O–H groups in total. The first-order valence-corrected chi connectivity index (χ1v) is 8.10. The Bertz CT molecular complexity index is 706. The number of nitrogens with zero attached hydrogens (tertiary/aromatic N) is 6. The van der Waals surface area contributed by atoms with Gasteiger partial charge in [0.2, 0.25) is 11.9 Å². The quantitative estimate of drug-likeness (QED) is 0.873. The van der Waals surface area contributed by atoms with Crippen molar-refractivity contribution in [2.24, 2.45) is 0 Å². The van der Waals surface area contributed by atoms with E-state index in [2.05, 4.69) is 31.9 Å². The second kappa shape index (κ2) is 5.45. The van der Waals surface area contributed by atoms with E-state index in [0.29, 0.717) is 12.6 Å². The molecule has 2 aliphatic heterocycles. The van der Waals surface area contributed by atoms with E-state index in [1.165, 1.54) is 0 Å². The highest BCUT2D eigenvalue weighted by atomic mass is 16.5. The molecule has 1 spiro atoms. The highest BCUT2D eigenvalue weighted by Crippen LogP contribution is 2.41. The lowest BCUT2D eigenvalue weighted by atomic mass is 9.83. The molecule has 1 fully saturated rings. The van der Waals surface area contributed by atoms with E-state index in [1.54, 1.807) is 6.33 Å². The van der Waals surface area contributed by atoms with Gasteiger partial charge in [-0.1, -0.05) is 0 Å². The van der Waals surface area contributed by atoms with Crippen LogP contribution in [0.1, 0.15) is 31.0 Å². The number of aryl methyl sites for hydroxylation is 1. The number of piperidine rings is 1. The molecular weight excluding hydrogens is 294 g/mol. The number of nitrogen functional groups attached to an aromatic ring is 1. The number of anilines is 2. The number of rotatable bonds is 2. The molecule has 4 rings (SSSR count). The van der Waals surface area contributed by atoms with Crippen molar-refractivity contribution in [1.82, 2.24) is 24.7 Å². The lowest BCUT2D eigenvalue weighted by molar-refractivity contribution is -0.0802. The summed E-state index contributed by atoms with van der Waals surface area (Å²) in [7, 11) is 0. The van der Waals surface area contributed by atoms with Crippen molar-refractivity contribution in [3.8, 4) is 0 Å². The number of hydrogen-bond donors (Lipinski definition) is 1. The molecule has 0 bridgehead atoms. The standard InChI is InChI=1S/C15H21N7O/c1-2-22-14(18-10-19-22)21-6-4-15(5-7-21)12-11(3-8-23-15)9-17-13(16)20-12/h9-10H,2-8H2,1H3,(H2,16,17,20). The van der Waals surface area contributed by atoms with Crippen LogP contribution in [0.2, 0.25) is 0 Å². The van der Waals surface area contributed by atoms with Gasteiger partial charge in [0.15, 0.2) is 0 Å². The average molecular weight is 315 g/mol. The smallest absolute Gasteiger partial charge is 0.223 e. The third-order valence-corrected chi connectivity index (χ3v) is 4.81. The van der Waals surface area contributed by atoms with E-state index < -0.39 is 0 Å². The fraction of sp³-hybridized carbons (Fsp3) is 0.600. The van der Waals surface area contributed by atoms with E-state index in [-0.39, 0.29) is 5.60 Å². The molecule has 23 heavy (non-hydrogen) atoms. The SMILES string of the molecule is CCn1ncnc1N1CCC2(CC1)OCCc1cnc(N)nc12. The predicted octanol–water partition coefficient (Wildman–Crippen LogP) is 0.739. The number of ether oxygens (including phenoxy) is 1. The Hall–Kier alpha value is -2.22. The maximum absolute atomic E-state index is 6.19. The third kappa shape index (κ3) is 2.33. The third-order valence-electron chi connectivity index (χ3n) is 4.81. The molecule has 0 unspecified atom stereocenters. The molecule has 2 aliphatic rings. The Balaban J connectivity index is 1.59. The maximum atomic E-state index is 6.19. The Morgan fingerprint density at radius 1 is 1.30 bits per heavy atom. The van der Waals surface area contributed by atoms with Crippen LogP contribution in [0.5, 0.6) is 0 Å². The van der Waals surface area contributed by atoms with E-state index in [9.17, 15) is 0 Å². The van der Waals surface area contributed by atoms with Crippen molar-refractivity contribution in [3.63, 3.8) is 0 Å². The lowest BCUT2D eigenvalue weighted by Crippen LogP contribution is -2.48. The summed E-state index contributed by atoms with van der Waals surface area (Å²) in [6, 6.07) is 0. The predicted molar refractivity (Wildman–Crippen MR) is 84.9 cm³/mol. The van der Waals surface area contributed by atoms with Gasteiger partial charge in [0.25, 0.3) is 0 Å². The van der Waals surface area contributed by atoms with Gasteiger partial charge in [0.05, 0.1) is 12.3 Å². The Morgan fingerprint density at radius 3 is 2.91 bits per heavy atom. The summed E-state index contributed by atoms with van der Waals surface area (Å²) < 4.78 is 8.12. The van der Waals surface area contributed by atoms with Gasteiger partial charge in [-0.05, 0) is 31.7 Å². The molecule has 0 aliphatic carbocycles. The van der Waals surface area contributed by atoms with Gasteiger partial charge in [0.1, 0.15) is 11.9 Å². The lowest BCUT2D eigenvalue weighted by Gasteiger charge is -2.44. The fourth-order valence-corrected chi connectivity index (χ4v) is 3.60. The summed E-state index contributed by atoms with van der Waals surface area (Å²) in [6.45, 7) is 5.33. The molecule has 2 aromatic rings. The molecule has 0 aromatic carbocycles. The molecule has 0 atom stereocenters. The highest BCUT2D eigenvalue weighted by Gasteiger charge is 2.43. The van der Waals surface area contributed by atoms with E-state index >= 15 is 0 Å². The van der Waals surface area contributed by atoms with E-state index in [4.69, 9.17) is 10.5 Å². The first-order valence-electron chi connectivity index (χ1n) is 8.10. The zero-order valence-electron chi connectivity index (χ0n) is 13.3. The van der Waals surface area contributed by atoms with Crippen molar-refractivity contribution in [3.05, 3.63) is 23.8 Å². The topological polar surface area (TPSA) is 95.0 Å². The van der Waals surface area contributed by atoms with Gasteiger partial charge >= 0.3 is 0 Å². The van der Waals surface area contributed by atoms with Crippen molar-refractivity contribution in [2.45, 2.75) is 38.3 Å². The minimum absolute atomic E-state index is 0.321. The van der Waals surface area contributed by atoms with Crippen LogP contribution < -0.4 is 10.6 Å². The minimum atomic E-state index is -0.335. The van der Waals surface area contributed by atoms with Gasteiger partial charge in [-0.2, -0.15) is 10.1 Å². The van der Waals surface area contributed by atoms with Gasteiger partial charge < -0.3 is 15.4 Å². The van der Waals surface area contributed by atoms with Crippen LogP contribution in [0, 0.1) is 0 Å². The van der Waals surface area contributed by atoms with Crippen molar-refractivity contribution in [2.75, 3.05) is 30.3 Å². The zero-order chi connectivity index (χ0) is 15.9. The monoisotopic (exact) mass is 315 g/mol. The molecule has 8 nitrogen and oxygen atoms in total. The fourth-order valence-electron chi connectivity index (χ4n) is 3.60. The average Bonchev–Trinajstić information content (AvgIpc) is 3.05. The van der Waals surface area contributed by atoms with Gasteiger partial charge in [-0.3, -0.25) is 0 Å². The van der Waals surface area contributed by atoms with Gasteiger partial charge in [-0.25, -0.2) is 14.6 Å². The Morgan fingerprint density at radius 2 is 2.13 bits per heavy atom. The molecular formula is C15H21N7O. The van der Waals surface area contributed by atoms with E-state index in [1.807, 2.05) is 10.9 Å². The molecule has 0 amide bonds. The largest absolute Gasteiger partial charge is 0.368 e. The van der Waals surface area contributed by atoms with Crippen LogP contribution in [-0.4, -0.2) is 44.4 Å². The zero-order valence-corrected chi connectivity index (χ0v) is 13.3. The summed E-state index contributed by atoms with van der Waals surface area (Å²) in [6.07, 6.45) is 6.05. The molecule has 0 saturated carbocycles. The molecule has 1 saturated heterocycles. The van der Waals surface area contributed by atoms with E-state index in [0.717, 1.165) is 56.1 Å². The number of aromatic nitrogens is 5. The molecule has 122 valence electrons. The second-order valence-corrected chi connectivity index (χ2v) is 6.06. The summed E-state index contributed by atoms with van der Waals surface area (Å²) in [5.41, 5.74) is 7.61. The van der Waals surface area contributed by atoms with Crippen LogP contribution >= 0.6 is 0 Å². The molecule has 0 radical (unpaired) electrons. The normalized spacial score (nSPS) is 19.8. The second-order valence-electron chi connectivity index (χ2n) is 6.06. The van der Waals surface area contributed by atoms with Crippen LogP contribution in [0.25, 0.3) is 0 Å². The summed E-state index contributed by atoms with van der Waals surface area (Å²) in [5.74, 6) is 1.25. The number of nitrogens with two attached hydrogens (primary N) is 1. The van der Waals surface area contributed by atoms with Gasteiger partial charge in [-0.15, -0.1) is 0 Å². The van der Waals surface area contributed by atoms with Gasteiger partial charge in [0, 0.05) is 25.8 Å². The summed E-state index contributed by atoms with van der Waals surface area (Å²) in [4.78, 5) is 15.3. The molecule has 2 aromatic heterocycles. The summed E-state index contributed by atoms with van der Waals surface area (Å²) >= 11 is 0. The molecule has 8 heteroatoms.